The summed E-state index contributed by atoms with van der Waals surface area (Å²) in [4.78, 5) is 12.4. The maximum absolute atomic E-state index is 12.4. The van der Waals surface area contributed by atoms with Crippen molar-refractivity contribution in [3.8, 4) is 22.8 Å². The van der Waals surface area contributed by atoms with E-state index >= 15 is 0 Å². The zero-order valence-corrected chi connectivity index (χ0v) is 14.0. The second kappa shape index (κ2) is 7.53. The van der Waals surface area contributed by atoms with Crippen molar-refractivity contribution < 1.29 is 18.8 Å². The Bertz CT molecular complexity index is 856. The van der Waals surface area contributed by atoms with E-state index in [0.29, 0.717) is 23.8 Å². The number of ether oxygens (including phenoxy) is 2. The highest BCUT2D eigenvalue weighted by Crippen LogP contribution is 2.26. The zero-order chi connectivity index (χ0) is 17.6. The van der Waals surface area contributed by atoms with Gasteiger partial charge >= 0.3 is 0 Å². The number of nitrogens with zero attached hydrogens (tertiary/aromatic N) is 1. The molecule has 0 fully saturated rings. The predicted octanol–water partition coefficient (Wildman–Crippen LogP) is 4.00. The lowest BCUT2D eigenvalue weighted by Crippen LogP contribution is -2.12. The van der Waals surface area contributed by atoms with Crippen LogP contribution in [0.15, 0.2) is 59.1 Å². The van der Waals surface area contributed by atoms with E-state index in [1.165, 1.54) is 0 Å². The minimum atomic E-state index is -0.370. The third-order valence-corrected chi connectivity index (χ3v) is 3.55. The van der Waals surface area contributed by atoms with E-state index in [1.807, 2.05) is 43.3 Å². The summed E-state index contributed by atoms with van der Waals surface area (Å²) in [6.45, 7) is 2.53. The topological polar surface area (TPSA) is 73.6 Å². The Morgan fingerprint density at radius 3 is 2.64 bits per heavy atom. The summed E-state index contributed by atoms with van der Waals surface area (Å²) in [6, 6.07) is 16.2. The number of rotatable bonds is 6. The number of para-hydroxylation sites is 2. The molecule has 1 amide bonds. The Balaban J connectivity index is 1.75. The van der Waals surface area contributed by atoms with Gasteiger partial charge in [-0.2, -0.15) is 0 Å². The van der Waals surface area contributed by atoms with Crippen molar-refractivity contribution in [2.45, 2.75) is 6.92 Å². The van der Waals surface area contributed by atoms with Crippen molar-refractivity contribution in [2.24, 2.45) is 0 Å². The molecule has 0 saturated heterocycles. The van der Waals surface area contributed by atoms with Gasteiger partial charge in [-0.05, 0) is 43.3 Å². The molecule has 1 aromatic heterocycles. The van der Waals surface area contributed by atoms with Crippen LogP contribution < -0.4 is 14.8 Å². The smallest absolute Gasteiger partial charge is 0.277 e. The van der Waals surface area contributed by atoms with E-state index in [4.69, 9.17) is 14.0 Å². The van der Waals surface area contributed by atoms with Gasteiger partial charge in [0, 0.05) is 11.6 Å². The number of aromatic nitrogens is 1. The zero-order valence-electron chi connectivity index (χ0n) is 14.0. The van der Waals surface area contributed by atoms with Gasteiger partial charge in [0.05, 0.1) is 19.4 Å². The van der Waals surface area contributed by atoms with Crippen LogP contribution in [-0.2, 0) is 0 Å². The molecule has 6 heteroatoms. The molecule has 0 aliphatic rings. The number of nitrogens with one attached hydrogen (secondary N) is 1. The monoisotopic (exact) mass is 338 g/mol. The predicted molar refractivity (Wildman–Crippen MR) is 94.1 cm³/mol. The molecule has 0 saturated carbocycles. The van der Waals surface area contributed by atoms with Gasteiger partial charge < -0.3 is 19.3 Å². The van der Waals surface area contributed by atoms with Crippen LogP contribution in [0, 0.1) is 0 Å². The van der Waals surface area contributed by atoms with Gasteiger partial charge in [-0.1, -0.05) is 17.3 Å². The molecular formula is C19H18N2O4. The minimum absolute atomic E-state index is 0.190. The van der Waals surface area contributed by atoms with E-state index in [2.05, 4.69) is 10.5 Å². The molecule has 0 radical (unpaired) electrons. The van der Waals surface area contributed by atoms with Crippen molar-refractivity contribution in [1.29, 1.82) is 0 Å². The largest absolute Gasteiger partial charge is 0.495 e. The molecule has 0 aliphatic heterocycles. The molecule has 1 N–H and O–H groups in total. The first kappa shape index (κ1) is 16.6. The number of methoxy groups -OCH3 is 1. The maximum atomic E-state index is 12.4. The van der Waals surface area contributed by atoms with Crippen molar-refractivity contribution in [3.63, 3.8) is 0 Å². The van der Waals surface area contributed by atoms with Crippen molar-refractivity contribution in [3.05, 3.63) is 60.3 Å². The van der Waals surface area contributed by atoms with Crippen LogP contribution >= 0.6 is 0 Å². The lowest BCUT2D eigenvalue weighted by Gasteiger charge is -2.08. The van der Waals surface area contributed by atoms with Gasteiger partial charge in [0.1, 0.15) is 11.5 Å². The molecule has 2 aromatic carbocycles. The minimum Gasteiger partial charge on any atom is -0.495 e. The van der Waals surface area contributed by atoms with Crippen LogP contribution in [0.2, 0.25) is 0 Å². The highest BCUT2D eigenvalue weighted by molar-refractivity contribution is 6.04. The Morgan fingerprint density at radius 1 is 1.16 bits per heavy atom. The van der Waals surface area contributed by atoms with E-state index in [1.54, 1.807) is 25.3 Å². The van der Waals surface area contributed by atoms with Gasteiger partial charge in [-0.3, -0.25) is 4.79 Å². The Kier molecular flexibility index (Phi) is 4.99. The van der Waals surface area contributed by atoms with Crippen LogP contribution in [0.3, 0.4) is 0 Å². The van der Waals surface area contributed by atoms with E-state index in [0.717, 1.165) is 11.3 Å². The normalized spacial score (nSPS) is 10.3. The Morgan fingerprint density at radius 2 is 1.92 bits per heavy atom. The summed E-state index contributed by atoms with van der Waals surface area (Å²) in [5, 5.41) is 6.61. The molecular weight excluding hydrogens is 320 g/mol. The van der Waals surface area contributed by atoms with Crippen LogP contribution in [0.5, 0.6) is 11.5 Å². The molecule has 0 atom stereocenters. The van der Waals surface area contributed by atoms with Crippen molar-refractivity contribution in [2.75, 3.05) is 19.0 Å². The third kappa shape index (κ3) is 3.80. The Hall–Kier alpha value is -3.28. The fourth-order valence-electron chi connectivity index (χ4n) is 2.33. The standard InChI is InChI=1S/C19H18N2O4/c1-3-24-14-10-8-13(9-11-14)18-12-16(21-25-18)19(22)20-15-6-4-5-7-17(15)23-2/h4-12H,3H2,1-2H3,(H,20,22). The second-order valence-corrected chi connectivity index (χ2v) is 5.19. The number of amides is 1. The summed E-state index contributed by atoms with van der Waals surface area (Å²) in [6.07, 6.45) is 0. The fraction of sp³-hybridized carbons (Fsp3) is 0.158. The molecule has 0 unspecified atom stereocenters. The molecule has 25 heavy (non-hydrogen) atoms. The first-order valence-corrected chi connectivity index (χ1v) is 7.85. The first-order valence-electron chi connectivity index (χ1n) is 7.85. The van der Waals surface area contributed by atoms with Gasteiger partial charge in [-0.25, -0.2) is 0 Å². The van der Waals surface area contributed by atoms with Crippen LogP contribution in [0.4, 0.5) is 5.69 Å². The van der Waals surface area contributed by atoms with Crippen LogP contribution in [0.1, 0.15) is 17.4 Å². The average Bonchev–Trinajstić information content (AvgIpc) is 3.13. The lowest BCUT2D eigenvalue weighted by atomic mass is 10.1. The van der Waals surface area contributed by atoms with Gasteiger partial charge in [0.25, 0.3) is 5.91 Å². The summed E-state index contributed by atoms with van der Waals surface area (Å²) < 4.78 is 15.9. The number of hydrogen-bond acceptors (Lipinski definition) is 5. The highest BCUT2D eigenvalue weighted by Gasteiger charge is 2.15. The van der Waals surface area contributed by atoms with Gasteiger partial charge in [-0.15, -0.1) is 0 Å². The fourth-order valence-corrected chi connectivity index (χ4v) is 2.33. The van der Waals surface area contributed by atoms with Crippen LogP contribution in [0.25, 0.3) is 11.3 Å². The molecule has 6 nitrogen and oxygen atoms in total. The van der Waals surface area contributed by atoms with Crippen LogP contribution in [-0.4, -0.2) is 24.8 Å². The van der Waals surface area contributed by atoms with Gasteiger partial charge in [0.2, 0.25) is 0 Å². The number of hydrogen-bond donors (Lipinski definition) is 1. The summed E-state index contributed by atoms with van der Waals surface area (Å²) in [5.74, 6) is 1.49. The van der Waals surface area contributed by atoms with E-state index < -0.39 is 0 Å². The molecule has 0 bridgehead atoms. The molecule has 3 rings (SSSR count). The first-order chi connectivity index (χ1) is 12.2. The highest BCUT2D eigenvalue weighted by atomic mass is 16.5. The van der Waals surface area contributed by atoms with Crippen molar-refractivity contribution >= 4 is 11.6 Å². The van der Waals surface area contributed by atoms with E-state index in [-0.39, 0.29) is 11.6 Å². The van der Waals surface area contributed by atoms with Gasteiger partial charge in [0.15, 0.2) is 11.5 Å². The summed E-state index contributed by atoms with van der Waals surface area (Å²) >= 11 is 0. The summed E-state index contributed by atoms with van der Waals surface area (Å²) in [7, 11) is 1.55. The number of benzene rings is 2. The molecule has 1 heterocycles. The molecule has 3 aromatic rings. The maximum Gasteiger partial charge on any atom is 0.277 e. The number of carbonyl (C=O) groups is 1. The quantitative estimate of drug-likeness (QED) is 0.735. The molecule has 0 aliphatic carbocycles. The second-order valence-electron chi connectivity index (χ2n) is 5.19. The SMILES string of the molecule is CCOc1ccc(-c2cc(C(=O)Nc3ccccc3OC)no2)cc1. The number of carbonyl (C=O) groups excluding carboxylic acids is 1. The van der Waals surface area contributed by atoms with Crippen molar-refractivity contribution in [1.82, 2.24) is 5.16 Å². The lowest BCUT2D eigenvalue weighted by molar-refractivity contribution is 0.101. The Labute approximate surface area is 145 Å². The summed E-state index contributed by atoms with van der Waals surface area (Å²) in [5.41, 5.74) is 1.57. The third-order valence-electron chi connectivity index (χ3n) is 3.55. The van der Waals surface area contributed by atoms with E-state index in [9.17, 15) is 4.79 Å². The average molecular weight is 338 g/mol. The molecule has 128 valence electrons. The molecule has 0 spiro atoms. The number of anilines is 1.